The van der Waals surface area contributed by atoms with Crippen LogP contribution < -0.4 is 5.32 Å². The predicted octanol–water partition coefficient (Wildman–Crippen LogP) is 2.68. The topological polar surface area (TPSA) is 81.2 Å². The molecule has 3 rings (SSSR count). The molecule has 0 radical (unpaired) electrons. The molecule has 1 atom stereocenters. The van der Waals surface area contributed by atoms with Gasteiger partial charge in [0, 0.05) is 54.9 Å². The minimum atomic E-state index is -0.815. The van der Waals surface area contributed by atoms with Crippen LogP contribution in [0.1, 0.15) is 30.5 Å². The lowest BCUT2D eigenvalue weighted by atomic mass is 10.00. The van der Waals surface area contributed by atoms with E-state index in [1.165, 1.54) is 6.08 Å². The molecule has 0 bridgehead atoms. The number of H-pyrrole nitrogens is 1. The van der Waals surface area contributed by atoms with Crippen molar-refractivity contribution >= 4 is 11.6 Å². The highest BCUT2D eigenvalue weighted by Crippen LogP contribution is 2.30. The van der Waals surface area contributed by atoms with Gasteiger partial charge in [-0.1, -0.05) is 18.7 Å². The van der Waals surface area contributed by atoms with Crippen LogP contribution in [0.25, 0.3) is 11.3 Å². The number of carbonyl (C=O) groups is 1. The van der Waals surface area contributed by atoms with Crippen LogP contribution >= 0.6 is 0 Å². The molecule has 6 nitrogen and oxygen atoms in total. The smallest absolute Gasteiger partial charge is 0.222 e. The highest BCUT2D eigenvalue weighted by Gasteiger charge is 2.25. The zero-order valence-electron chi connectivity index (χ0n) is 15.2. The summed E-state index contributed by atoms with van der Waals surface area (Å²) in [5, 5.41) is 20.2. The van der Waals surface area contributed by atoms with Crippen molar-refractivity contribution in [3.05, 3.63) is 48.2 Å². The Labute approximate surface area is 159 Å². The SMILES string of the molecule is C#CCCCC(=O)N1CCc2[nH]nc(-c3cccc(NC(O)C=C)c3)c2C1. The van der Waals surface area contributed by atoms with Gasteiger partial charge in [-0.15, -0.1) is 12.3 Å². The number of hydrogen-bond acceptors (Lipinski definition) is 4. The number of benzene rings is 1. The van der Waals surface area contributed by atoms with E-state index in [-0.39, 0.29) is 5.91 Å². The number of aliphatic hydroxyl groups excluding tert-OH is 1. The largest absolute Gasteiger partial charge is 0.370 e. The second-order valence-electron chi connectivity index (χ2n) is 6.56. The first-order chi connectivity index (χ1) is 13.1. The summed E-state index contributed by atoms with van der Waals surface area (Å²) in [6.07, 6.45) is 8.45. The molecule has 27 heavy (non-hydrogen) atoms. The number of aromatic amines is 1. The summed E-state index contributed by atoms with van der Waals surface area (Å²) in [7, 11) is 0. The van der Waals surface area contributed by atoms with E-state index in [2.05, 4.69) is 28.0 Å². The summed E-state index contributed by atoms with van der Waals surface area (Å²) in [6.45, 7) is 4.80. The van der Waals surface area contributed by atoms with Crippen LogP contribution in [0.4, 0.5) is 5.69 Å². The molecule has 1 aliphatic heterocycles. The third kappa shape index (κ3) is 4.39. The lowest BCUT2D eigenvalue weighted by Crippen LogP contribution is -2.35. The summed E-state index contributed by atoms with van der Waals surface area (Å²) in [5.41, 5.74) is 4.66. The highest BCUT2D eigenvalue weighted by atomic mass is 16.3. The summed E-state index contributed by atoms with van der Waals surface area (Å²) in [5.74, 6) is 2.71. The number of carbonyl (C=O) groups excluding carboxylic acids is 1. The molecule has 1 unspecified atom stereocenters. The molecule has 0 saturated heterocycles. The summed E-state index contributed by atoms with van der Waals surface area (Å²) in [6, 6.07) is 7.67. The third-order valence-electron chi connectivity index (χ3n) is 4.67. The van der Waals surface area contributed by atoms with Crippen LogP contribution in [-0.4, -0.2) is 38.9 Å². The minimum absolute atomic E-state index is 0.132. The fourth-order valence-electron chi connectivity index (χ4n) is 3.23. The molecule has 1 amide bonds. The van der Waals surface area contributed by atoms with Gasteiger partial charge in [-0.3, -0.25) is 9.89 Å². The number of aliphatic hydroxyl groups is 1. The molecule has 140 valence electrons. The molecule has 2 aromatic rings. The van der Waals surface area contributed by atoms with Gasteiger partial charge in [0.15, 0.2) is 0 Å². The van der Waals surface area contributed by atoms with Crippen LogP contribution in [0, 0.1) is 12.3 Å². The van der Waals surface area contributed by atoms with Crippen LogP contribution in [0.2, 0.25) is 0 Å². The lowest BCUT2D eigenvalue weighted by Gasteiger charge is -2.27. The van der Waals surface area contributed by atoms with Crippen molar-refractivity contribution < 1.29 is 9.90 Å². The molecular weight excluding hydrogens is 340 g/mol. The molecule has 6 heteroatoms. The maximum Gasteiger partial charge on any atom is 0.222 e. The Morgan fingerprint density at radius 1 is 1.56 bits per heavy atom. The van der Waals surface area contributed by atoms with Crippen molar-refractivity contribution in [1.29, 1.82) is 0 Å². The Kier molecular flexibility index (Phi) is 5.94. The normalized spacial score (nSPS) is 14.1. The van der Waals surface area contributed by atoms with Crippen LogP contribution in [0.5, 0.6) is 0 Å². The average Bonchev–Trinajstić information content (AvgIpc) is 3.11. The summed E-state index contributed by atoms with van der Waals surface area (Å²) < 4.78 is 0. The van der Waals surface area contributed by atoms with E-state index in [1.54, 1.807) is 0 Å². The van der Waals surface area contributed by atoms with Crippen molar-refractivity contribution in [2.45, 2.75) is 38.5 Å². The highest BCUT2D eigenvalue weighted by molar-refractivity contribution is 5.77. The molecule has 2 heterocycles. The van der Waals surface area contributed by atoms with Gasteiger partial charge in [0.25, 0.3) is 0 Å². The summed E-state index contributed by atoms with van der Waals surface area (Å²) in [4.78, 5) is 14.3. The van der Waals surface area contributed by atoms with Gasteiger partial charge >= 0.3 is 0 Å². The van der Waals surface area contributed by atoms with Crippen molar-refractivity contribution in [3.8, 4) is 23.6 Å². The Balaban J connectivity index is 1.78. The number of unbranched alkanes of at least 4 members (excludes halogenated alkanes) is 1. The van der Waals surface area contributed by atoms with Gasteiger partial charge in [0.1, 0.15) is 6.23 Å². The number of terminal acetylenes is 1. The van der Waals surface area contributed by atoms with E-state index in [0.717, 1.165) is 41.0 Å². The number of aromatic nitrogens is 2. The molecule has 1 aromatic carbocycles. The molecule has 0 spiro atoms. The standard InChI is InChI=1S/C21H24N4O2/c1-3-5-6-10-20(27)25-12-11-18-17(14-25)21(24-23-18)15-8-7-9-16(13-15)22-19(26)4-2/h1,4,7-9,13,19,22,26H,2,5-6,10-12,14H2,(H,23,24). The van der Waals surface area contributed by atoms with Crippen molar-refractivity contribution in [1.82, 2.24) is 15.1 Å². The number of rotatable bonds is 7. The molecule has 0 saturated carbocycles. The van der Waals surface area contributed by atoms with Crippen molar-refractivity contribution in [3.63, 3.8) is 0 Å². The Morgan fingerprint density at radius 2 is 2.41 bits per heavy atom. The Hall–Kier alpha value is -3.04. The number of amides is 1. The van der Waals surface area contributed by atoms with Gasteiger partial charge in [-0.25, -0.2) is 0 Å². The third-order valence-corrected chi connectivity index (χ3v) is 4.67. The number of fused-ring (bicyclic) bond motifs is 1. The molecule has 1 aromatic heterocycles. The van der Waals surface area contributed by atoms with E-state index in [4.69, 9.17) is 6.42 Å². The van der Waals surface area contributed by atoms with Crippen LogP contribution in [0.3, 0.4) is 0 Å². The van der Waals surface area contributed by atoms with E-state index in [0.29, 0.717) is 25.9 Å². The fourth-order valence-corrected chi connectivity index (χ4v) is 3.23. The number of hydrogen-bond donors (Lipinski definition) is 3. The van der Waals surface area contributed by atoms with E-state index >= 15 is 0 Å². The summed E-state index contributed by atoms with van der Waals surface area (Å²) >= 11 is 0. The molecule has 1 aliphatic rings. The minimum Gasteiger partial charge on any atom is -0.370 e. The number of nitrogens with zero attached hydrogens (tertiary/aromatic N) is 2. The lowest BCUT2D eigenvalue weighted by molar-refractivity contribution is -0.132. The van der Waals surface area contributed by atoms with Gasteiger partial charge in [-0.2, -0.15) is 5.10 Å². The molecule has 0 aliphatic carbocycles. The first kappa shape index (κ1) is 18.7. The first-order valence-corrected chi connectivity index (χ1v) is 9.07. The van der Waals surface area contributed by atoms with Crippen LogP contribution in [0.15, 0.2) is 36.9 Å². The molecule has 3 N–H and O–H groups in total. The van der Waals surface area contributed by atoms with Gasteiger partial charge in [0.05, 0.1) is 5.69 Å². The first-order valence-electron chi connectivity index (χ1n) is 9.07. The zero-order chi connectivity index (χ0) is 19.2. The molecular formula is C21H24N4O2. The van der Waals surface area contributed by atoms with E-state index in [1.807, 2.05) is 29.2 Å². The van der Waals surface area contributed by atoms with Crippen LogP contribution in [-0.2, 0) is 17.8 Å². The maximum atomic E-state index is 12.4. The Bertz CT molecular complexity index is 865. The Morgan fingerprint density at radius 3 is 3.19 bits per heavy atom. The predicted molar refractivity (Wildman–Crippen MR) is 106 cm³/mol. The second-order valence-corrected chi connectivity index (χ2v) is 6.56. The van der Waals surface area contributed by atoms with E-state index in [9.17, 15) is 9.90 Å². The van der Waals surface area contributed by atoms with Crippen molar-refractivity contribution in [2.24, 2.45) is 0 Å². The molecule has 0 fully saturated rings. The number of nitrogens with one attached hydrogen (secondary N) is 2. The number of anilines is 1. The quantitative estimate of drug-likeness (QED) is 0.305. The van der Waals surface area contributed by atoms with Gasteiger partial charge < -0.3 is 15.3 Å². The second kappa shape index (κ2) is 8.56. The fraction of sp³-hybridized carbons (Fsp3) is 0.333. The average molecular weight is 364 g/mol. The monoisotopic (exact) mass is 364 g/mol. The maximum absolute atomic E-state index is 12.4. The zero-order valence-corrected chi connectivity index (χ0v) is 15.2. The van der Waals surface area contributed by atoms with E-state index < -0.39 is 6.23 Å². The van der Waals surface area contributed by atoms with Gasteiger partial charge in [0.2, 0.25) is 5.91 Å². The van der Waals surface area contributed by atoms with Gasteiger partial charge in [-0.05, 0) is 24.6 Å². The van der Waals surface area contributed by atoms with Crippen molar-refractivity contribution in [2.75, 3.05) is 11.9 Å².